The van der Waals surface area contributed by atoms with E-state index in [-0.39, 0.29) is 27.1 Å². The minimum atomic E-state index is -0.635. The van der Waals surface area contributed by atoms with E-state index in [9.17, 15) is 14.4 Å². The minimum Gasteiger partial charge on any atom is -0.465 e. The lowest BCUT2D eigenvalue weighted by molar-refractivity contribution is -0.114. The van der Waals surface area contributed by atoms with Gasteiger partial charge in [-0.1, -0.05) is 17.8 Å². The number of hydrogen-bond donors (Lipinski definition) is 2. The fraction of sp³-hybridized carbons (Fsp3) is 0.211. The maximum Gasteiger partial charge on any atom is 0.348 e. The van der Waals surface area contributed by atoms with E-state index < -0.39 is 11.9 Å². The van der Waals surface area contributed by atoms with Crippen molar-refractivity contribution in [2.24, 2.45) is 0 Å². The molecule has 3 N–H and O–H groups in total. The number of anilines is 2. The van der Waals surface area contributed by atoms with Crippen molar-refractivity contribution >= 4 is 51.6 Å². The van der Waals surface area contributed by atoms with Crippen LogP contribution in [0.1, 0.15) is 32.5 Å². The zero-order valence-corrected chi connectivity index (χ0v) is 18.5. The number of rotatable bonds is 7. The molecule has 0 aliphatic carbocycles. The number of benzene rings is 1. The smallest absolute Gasteiger partial charge is 0.348 e. The highest BCUT2D eigenvalue weighted by Gasteiger charge is 2.27. The van der Waals surface area contributed by atoms with E-state index in [4.69, 9.17) is 15.2 Å². The Bertz CT molecular complexity index is 1140. The number of thioether (sulfide) groups is 1. The summed E-state index contributed by atoms with van der Waals surface area (Å²) in [5.74, 6) is -1.21. The number of esters is 2. The van der Waals surface area contributed by atoms with Crippen molar-refractivity contribution in [3.05, 3.63) is 46.6 Å². The normalized spacial score (nSPS) is 10.5. The molecule has 0 aliphatic heterocycles. The average molecular weight is 462 g/mol. The third kappa shape index (κ3) is 4.86. The second-order valence-electron chi connectivity index (χ2n) is 6.14. The van der Waals surface area contributed by atoms with Gasteiger partial charge in [0.05, 0.1) is 25.5 Å². The molecular formula is C19H19N5O5S2. The minimum absolute atomic E-state index is 0.138. The molecule has 162 valence electrons. The number of carbonyl (C=O) groups excluding carboxylic acids is 3. The maximum atomic E-state index is 12.2. The molecule has 0 spiro atoms. The number of methoxy groups -OCH3 is 2. The molecule has 0 bridgehead atoms. The Hall–Kier alpha value is -3.38. The summed E-state index contributed by atoms with van der Waals surface area (Å²) in [6.45, 7) is 1.43. The monoisotopic (exact) mass is 461 g/mol. The Morgan fingerprint density at radius 1 is 1.23 bits per heavy atom. The van der Waals surface area contributed by atoms with Crippen molar-refractivity contribution in [1.82, 2.24) is 14.8 Å². The van der Waals surface area contributed by atoms with Gasteiger partial charge in [-0.15, -0.1) is 21.5 Å². The molecule has 1 aromatic carbocycles. The Kier molecular flexibility index (Phi) is 6.92. The SMILES string of the molecule is COC(=O)c1sc(N)c(C(=O)OC)c1CSc1nncn1-c1cccc(NC(C)=O)c1. The second kappa shape index (κ2) is 9.62. The first kappa shape index (κ1) is 22.3. The van der Waals surface area contributed by atoms with Crippen molar-refractivity contribution in [2.45, 2.75) is 17.8 Å². The molecule has 0 fully saturated rings. The number of nitrogens with zero attached hydrogens (tertiary/aromatic N) is 3. The highest BCUT2D eigenvalue weighted by atomic mass is 32.2. The molecule has 0 saturated carbocycles. The Morgan fingerprint density at radius 2 is 1.97 bits per heavy atom. The number of nitrogen functional groups attached to an aromatic ring is 1. The van der Waals surface area contributed by atoms with E-state index in [0.717, 1.165) is 17.0 Å². The van der Waals surface area contributed by atoms with Crippen LogP contribution >= 0.6 is 23.1 Å². The van der Waals surface area contributed by atoms with Gasteiger partial charge in [0.2, 0.25) is 5.91 Å². The second-order valence-corrected chi connectivity index (χ2v) is 8.13. The van der Waals surface area contributed by atoms with Crippen molar-refractivity contribution in [3.8, 4) is 5.69 Å². The Morgan fingerprint density at radius 3 is 2.65 bits per heavy atom. The molecule has 0 radical (unpaired) electrons. The molecule has 3 aromatic rings. The number of carbonyl (C=O) groups is 3. The zero-order valence-electron chi connectivity index (χ0n) is 16.9. The third-order valence-corrected chi connectivity index (χ3v) is 6.11. The van der Waals surface area contributed by atoms with Gasteiger partial charge >= 0.3 is 11.9 Å². The summed E-state index contributed by atoms with van der Waals surface area (Å²) < 4.78 is 11.4. The van der Waals surface area contributed by atoms with Crippen LogP contribution in [-0.4, -0.2) is 46.8 Å². The number of amides is 1. The van der Waals surface area contributed by atoms with Crippen LogP contribution in [0.4, 0.5) is 10.7 Å². The summed E-state index contributed by atoms with van der Waals surface area (Å²) in [5, 5.41) is 11.5. The fourth-order valence-corrected chi connectivity index (χ4v) is 4.82. The maximum absolute atomic E-state index is 12.2. The van der Waals surface area contributed by atoms with Gasteiger partial charge in [-0.25, -0.2) is 9.59 Å². The lowest BCUT2D eigenvalue weighted by Crippen LogP contribution is -2.09. The quantitative estimate of drug-likeness (QED) is 0.401. The van der Waals surface area contributed by atoms with E-state index in [1.807, 2.05) is 6.07 Å². The van der Waals surface area contributed by atoms with E-state index in [2.05, 4.69) is 15.5 Å². The summed E-state index contributed by atoms with van der Waals surface area (Å²) in [6.07, 6.45) is 1.53. The van der Waals surface area contributed by atoms with Gasteiger partial charge in [-0.3, -0.25) is 9.36 Å². The summed E-state index contributed by atoms with van der Waals surface area (Å²) >= 11 is 2.23. The van der Waals surface area contributed by atoms with Gasteiger partial charge < -0.3 is 20.5 Å². The lowest BCUT2D eigenvalue weighted by Gasteiger charge is -2.09. The van der Waals surface area contributed by atoms with Gasteiger partial charge in [0.25, 0.3) is 0 Å². The van der Waals surface area contributed by atoms with Crippen LogP contribution in [0.15, 0.2) is 35.7 Å². The topological polar surface area (TPSA) is 138 Å². The predicted octanol–water partition coefficient (Wildman–Crippen LogP) is 2.73. The molecule has 2 heterocycles. The molecule has 12 heteroatoms. The van der Waals surface area contributed by atoms with Crippen LogP contribution in [-0.2, 0) is 20.0 Å². The van der Waals surface area contributed by atoms with E-state index >= 15 is 0 Å². The van der Waals surface area contributed by atoms with Crippen LogP contribution in [0.2, 0.25) is 0 Å². The van der Waals surface area contributed by atoms with E-state index in [0.29, 0.717) is 16.4 Å². The number of nitrogens with one attached hydrogen (secondary N) is 1. The molecular weight excluding hydrogens is 442 g/mol. The number of ether oxygens (including phenoxy) is 2. The summed E-state index contributed by atoms with van der Waals surface area (Å²) in [6, 6.07) is 7.17. The van der Waals surface area contributed by atoms with Gasteiger partial charge in [-0.2, -0.15) is 0 Å². The first-order valence-corrected chi connectivity index (χ1v) is 10.6. The number of thiophene rings is 1. The first-order chi connectivity index (χ1) is 14.8. The predicted molar refractivity (Wildman–Crippen MR) is 117 cm³/mol. The van der Waals surface area contributed by atoms with Crippen LogP contribution in [0.25, 0.3) is 5.69 Å². The van der Waals surface area contributed by atoms with Crippen LogP contribution < -0.4 is 11.1 Å². The Balaban J connectivity index is 1.92. The van der Waals surface area contributed by atoms with Crippen LogP contribution in [0, 0.1) is 0 Å². The highest BCUT2D eigenvalue weighted by molar-refractivity contribution is 7.98. The summed E-state index contributed by atoms with van der Waals surface area (Å²) in [7, 11) is 2.50. The summed E-state index contributed by atoms with van der Waals surface area (Å²) in [5.41, 5.74) is 7.87. The largest absolute Gasteiger partial charge is 0.465 e. The molecule has 31 heavy (non-hydrogen) atoms. The van der Waals surface area contributed by atoms with Gasteiger partial charge in [0.15, 0.2) is 5.16 Å². The molecule has 10 nitrogen and oxygen atoms in total. The molecule has 1 amide bonds. The fourth-order valence-electron chi connectivity index (χ4n) is 2.78. The standard InChI is InChI=1S/C19H19N5O5S2/c1-10(25)22-11-5-4-6-12(7-11)24-9-21-23-19(24)30-8-13-14(17(26)28-2)16(20)31-15(13)18(27)29-3/h4-7,9H,8,20H2,1-3H3,(H,22,25). The molecule has 0 unspecified atom stereocenters. The van der Waals surface area contributed by atoms with Crippen LogP contribution in [0.5, 0.6) is 0 Å². The number of hydrogen-bond acceptors (Lipinski definition) is 10. The molecule has 2 aromatic heterocycles. The van der Waals surface area contributed by atoms with Crippen LogP contribution in [0.3, 0.4) is 0 Å². The zero-order chi connectivity index (χ0) is 22.5. The van der Waals surface area contributed by atoms with Gasteiger partial charge in [-0.05, 0) is 18.2 Å². The van der Waals surface area contributed by atoms with Crippen molar-refractivity contribution in [2.75, 3.05) is 25.3 Å². The van der Waals surface area contributed by atoms with E-state index in [1.54, 1.807) is 22.8 Å². The molecule has 0 atom stereocenters. The van der Waals surface area contributed by atoms with E-state index in [1.165, 1.54) is 39.2 Å². The van der Waals surface area contributed by atoms with Crippen molar-refractivity contribution in [3.63, 3.8) is 0 Å². The van der Waals surface area contributed by atoms with Crippen molar-refractivity contribution in [1.29, 1.82) is 0 Å². The summed E-state index contributed by atoms with van der Waals surface area (Å²) in [4.78, 5) is 36.0. The molecule has 3 rings (SSSR count). The molecule has 0 aliphatic rings. The van der Waals surface area contributed by atoms with Gasteiger partial charge in [0.1, 0.15) is 16.2 Å². The molecule has 0 saturated heterocycles. The number of nitrogens with two attached hydrogens (primary N) is 1. The average Bonchev–Trinajstić information content (AvgIpc) is 3.34. The number of aromatic nitrogens is 3. The highest BCUT2D eigenvalue weighted by Crippen LogP contribution is 2.36. The first-order valence-electron chi connectivity index (χ1n) is 8.84. The Labute approximate surface area is 185 Å². The third-order valence-electron chi connectivity index (χ3n) is 4.10. The van der Waals surface area contributed by atoms with Crippen molar-refractivity contribution < 1.29 is 23.9 Å². The lowest BCUT2D eigenvalue weighted by atomic mass is 10.1. The van der Waals surface area contributed by atoms with Gasteiger partial charge in [0, 0.05) is 23.9 Å².